The molecule has 3 nitrogen and oxygen atoms in total. The predicted octanol–water partition coefficient (Wildman–Crippen LogP) is 4.60. The number of aromatic nitrogens is 2. The van der Waals surface area contributed by atoms with Crippen molar-refractivity contribution in [2.45, 2.75) is 13.0 Å². The average Bonchev–Trinajstić information content (AvgIpc) is 2.91. The fourth-order valence-corrected chi connectivity index (χ4v) is 3.44. The Bertz CT molecular complexity index is 748. The highest BCUT2D eigenvalue weighted by Gasteiger charge is 2.17. The van der Waals surface area contributed by atoms with Crippen LogP contribution in [0.3, 0.4) is 0 Å². The van der Waals surface area contributed by atoms with Gasteiger partial charge in [-0.2, -0.15) is 0 Å². The topological polar surface area (TPSA) is 43.8 Å². The number of hydrogen-bond acceptors (Lipinski definition) is 3. The molecule has 0 aliphatic carbocycles. The number of anilines is 1. The van der Waals surface area contributed by atoms with Gasteiger partial charge >= 0.3 is 0 Å². The van der Waals surface area contributed by atoms with Gasteiger partial charge in [-0.15, -0.1) is 11.3 Å². The maximum Gasteiger partial charge on any atom is 0.201 e. The van der Waals surface area contributed by atoms with Crippen LogP contribution in [0.25, 0.3) is 11.0 Å². The molecule has 2 N–H and O–H groups in total. The predicted molar refractivity (Wildman–Crippen MR) is 82.3 cm³/mol. The van der Waals surface area contributed by atoms with E-state index in [1.807, 2.05) is 34.9 Å². The van der Waals surface area contributed by atoms with Gasteiger partial charge in [0, 0.05) is 9.90 Å². The molecule has 1 aromatic carbocycles. The fraction of sp³-hybridized carbons (Fsp3) is 0.154. The molecule has 0 aliphatic rings. The molecule has 2 aromatic heterocycles. The Kier molecular flexibility index (Phi) is 3.17. The fourth-order valence-electron chi connectivity index (χ4n) is 2.17. The molecule has 3 aromatic rings. The molecule has 0 bridgehead atoms. The molecule has 0 radical (unpaired) electrons. The van der Waals surface area contributed by atoms with Crippen molar-refractivity contribution in [2.24, 2.45) is 0 Å². The Morgan fingerprint density at radius 2 is 2.05 bits per heavy atom. The van der Waals surface area contributed by atoms with Crippen molar-refractivity contribution in [2.75, 3.05) is 5.73 Å². The number of thiophene rings is 1. The molecule has 2 heterocycles. The Balaban J connectivity index is 2.18. The summed E-state index contributed by atoms with van der Waals surface area (Å²) in [6, 6.07) is 9.53. The third kappa shape index (κ3) is 2.20. The number of imidazole rings is 1. The lowest BCUT2D eigenvalue weighted by molar-refractivity contribution is 0.680. The summed E-state index contributed by atoms with van der Waals surface area (Å²) in [7, 11) is 0. The Labute approximate surface area is 124 Å². The van der Waals surface area contributed by atoms with E-state index in [9.17, 15) is 0 Å². The SMILES string of the molecule is CC(c1ccc(Cl)s1)n1c(N)nc2ccc(Cl)cc21. The zero-order valence-corrected chi connectivity index (χ0v) is 12.4. The molecular weight excluding hydrogens is 301 g/mol. The summed E-state index contributed by atoms with van der Waals surface area (Å²) in [5.74, 6) is 0.481. The van der Waals surface area contributed by atoms with E-state index < -0.39 is 0 Å². The lowest BCUT2D eigenvalue weighted by Gasteiger charge is -2.14. The summed E-state index contributed by atoms with van der Waals surface area (Å²) < 4.78 is 2.74. The van der Waals surface area contributed by atoms with Gasteiger partial charge in [0.2, 0.25) is 5.95 Å². The van der Waals surface area contributed by atoms with Gasteiger partial charge in [0.15, 0.2) is 0 Å². The first kappa shape index (κ1) is 12.8. The molecule has 0 fully saturated rings. The number of hydrogen-bond donors (Lipinski definition) is 1. The minimum atomic E-state index is 0.0703. The summed E-state index contributed by atoms with van der Waals surface area (Å²) in [6.07, 6.45) is 0. The Hall–Kier alpha value is -1.23. The molecule has 0 saturated carbocycles. The molecule has 6 heteroatoms. The van der Waals surface area contributed by atoms with Crippen molar-refractivity contribution in [3.05, 3.63) is 44.6 Å². The second-order valence-corrected chi connectivity index (χ2v) is 6.47. The first-order chi connectivity index (χ1) is 9.06. The van der Waals surface area contributed by atoms with E-state index in [1.54, 1.807) is 11.3 Å². The van der Waals surface area contributed by atoms with E-state index in [2.05, 4.69) is 11.9 Å². The third-order valence-corrected chi connectivity index (χ3v) is 4.71. The molecule has 98 valence electrons. The van der Waals surface area contributed by atoms with E-state index in [1.165, 1.54) is 0 Å². The van der Waals surface area contributed by atoms with Gasteiger partial charge in [-0.25, -0.2) is 4.98 Å². The Morgan fingerprint density at radius 3 is 2.74 bits per heavy atom. The van der Waals surface area contributed by atoms with Crippen LogP contribution >= 0.6 is 34.5 Å². The van der Waals surface area contributed by atoms with Crippen molar-refractivity contribution < 1.29 is 0 Å². The second-order valence-electron chi connectivity index (χ2n) is 4.29. The van der Waals surface area contributed by atoms with Crippen LogP contribution in [0.5, 0.6) is 0 Å². The minimum absolute atomic E-state index is 0.0703. The van der Waals surface area contributed by atoms with Crippen LogP contribution in [-0.2, 0) is 0 Å². The van der Waals surface area contributed by atoms with E-state index >= 15 is 0 Å². The molecule has 3 rings (SSSR count). The number of nitrogens with zero attached hydrogens (tertiary/aromatic N) is 2. The highest BCUT2D eigenvalue weighted by molar-refractivity contribution is 7.16. The minimum Gasteiger partial charge on any atom is -0.369 e. The number of benzene rings is 1. The van der Waals surface area contributed by atoms with Crippen LogP contribution in [-0.4, -0.2) is 9.55 Å². The number of halogens is 2. The molecular formula is C13H11Cl2N3S. The van der Waals surface area contributed by atoms with Gasteiger partial charge in [0.1, 0.15) is 0 Å². The zero-order valence-electron chi connectivity index (χ0n) is 10.1. The Morgan fingerprint density at radius 1 is 1.26 bits per heavy atom. The smallest absolute Gasteiger partial charge is 0.201 e. The van der Waals surface area contributed by atoms with Gasteiger partial charge < -0.3 is 10.3 Å². The largest absolute Gasteiger partial charge is 0.369 e. The summed E-state index contributed by atoms with van der Waals surface area (Å²) in [5, 5.41) is 0.671. The van der Waals surface area contributed by atoms with Crippen LogP contribution in [0.15, 0.2) is 30.3 Å². The lowest BCUT2D eigenvalue weighted by atomic mass is 10.2. The maximum absolute atomic E-state index is 6.05. The number of nitrogen functional groups attached to an aromatic ring is 1. The monoisotopic (exact) mass is 311 g/mol. The number of nitrogens with two attached hydrogens (primary N) is 1. The first-order valence-electron chi connectivity index (χ1n) is 5.74. The summed E-state index contributed by atoms with van der Waals surface area (Å²) in [5.41, 5.74) is 7.81. The van der Waals surface area contributed by atoms with Gasteiger partial charge in [0.25, 0.3) is 0 Å². The zero-order chi connectivity index (χ0) is 13.6. The van der Waals surface area contributed by atoms with Gasteiger partial charge in [-0.05, 0) is 37.3 Å². The van der Waals surface area contributed by atoms with Gasteiger partial charge in [-0.1, -0.05) is 23.2 Å². The van der Waals surface area contributed by atoms with Crippen LogP contribution in [0.4, 0.5) is 5.95 Å². The van der Waals surface area contributed by atoms with Crippen molar-refractivity contribution in [3.63, 3.8) is 0 Å². The summed E-state index contributed by atoms with van der Waals surface area (Å²) in [4.78, 5) is 5.50. The van der Waals surface area contributed by atoms with Gasteiger partial charge in [-0.3, -0.25) is 0 Å². The number of fused-ring (bicyclic) bond motifs is 1. The molecule has 0 aliphatic heterocycles. The molecule has 19 heavy (non-hydrogen) atoms. The van der Waals surface area contributed by atoms with Crippen molar-refractivity contribution in [3.8, 4) is 0 Å². The molecule has 1 atom stereocenters. The van der Waals surface area contributed by atoms with E-state index in [0.717, 1.165) is 20.2 Å². The second kappa shape index (κ2) is 4.71. The molecule has 0 spiro atoms. The summed E-state index contributed by atoms with van der Waals surface area (Å²) in [6.45, 7) is 2.07. The summed E-state index contributed by atoms with van der Waals surface area (Å²) >= 11 is 13.6. The number of rotatable bonds is 2. The standard InChI is InChI=1S/C13H11Cl2N3S/c1-7(11-4-5-12(15)19-11)18-10-6-8(14)2-3-9(10)17-13(18)16/h2-7H,1H3,(H2,16,17). The van der Waals surface area contributed by atoms with Crippen LogP contribution in [0, 0.1) is 0 Å². The van der Waals surface area contributed by atoms with Crippen LogP contribution in [0.1, 0.15) is 17.8 Å². The van der Waals surface area contributed by atoms with Gasteiger partial charge in [0.05, 0.1) is 21.4 Å². The van der Waals surface area contributed by atoms with Crippen LogP contribution < -0.4 is 5.73 Å². The molecule has 0 amide bonds. The van der Waals surface area contributed by atoms with E-state index in [4.69, 9.17) is 28.9 Å². The van der Waals surface area contributed by atoms with Crippen LogP contribution in [0.2, 0.25) is 9.36 Å². The quantitative estimate of drug-likeness (QED) is 0.752. The molecule has 1 unspecified atom stereocenters. The third-order valence-electron chi connectivity index (χ3n) is 3.07. The average molecular weight is 312 g/mol. The lowest BCUT2D eigenvalue weighted by Crippen LogP contribution is -2.08. The van der Waals surface area contributed by atoms with Crippen molar-refractivity contribution >= 4 is 51.5 Å². The normalized spacial score (nSPS) is 13.0. The van der Waals surface area contributed by atoms with Crippen molar-refractivity contribution in [1.82, 2.24) is 9.55 Å². The maximum atomic E-state index is 6.05. The van der Waals surface area contributed by atoms with E-state index in [-0.39, 0.29) is 6.04 Å². The highest BCUT2D eigenvalue weighted by atomic mass is 35.5. The van der Waals surface area contributed by atoms with Crippen molar-refractivity contribution in [1.29, 1.82) is 0 Å². The first-order valence-corrected chi connectivity index (χ1v) is 7.31. The van der Waals surface area contributed by atoms with E-state index in [0.29, 0.717) is 11.0 Å². The molecule has 0 saturated heterocycles. The highest BCUT2D eigenvalue weighted by Crippen LogP contribution is 2.33.